The fraction of sp³-hybridized carbons (Fsp3) is 0.0455. The number of rotatable bonds is 4. The van der Waals surface area contributed by atoms with Crippen LogP contribution in [0.1, 0.15) is 11.1 Å². The van der Waals surface area contributed by atoms with Crippen LogP contribution in [0.25, 0.3) is 22.2 Å². The molecule has 0 unspecified atom stereocenters. The first-order valence-corrected chi connectivity index (χ1v) is 11.1. The number of aryl methyl sites for hydroxylation is 1. The number of hydrogen-bond donors (Lipinski definition) is 3. The number of H-pyrrole nitrogens is 2. The van der Waals surface area contributed by atoms with E-state index in [1.165, 1.54) is 18.2 Å². The molecular formula is C22H15ClN4O4S. The molecule has 0 spiro atoms. The predicted octanol–water partition coefficient (Wildman–Crippen LogP) is 3.52. The van der Waals surface area contributed by atoms with Crippen LogP contribution in [0.3, 0.4) is 0 Å². The Kier molecular flexibility index (Phi) is 5.34. The summed E-state index contributed by atoms with van der Waals surface area (Å²) in [5.74, 6) is 0. The molecule has 1 heterocycles. The van der Waals surface area contributed by atoms with Crippen molar-refractivity contribution in [3.8, 4) is 17.2 Å². The number of benzene rings is 3. The van der Waals surface area contributed by atoms with E-state index in [1.54, 1.807) is 43.3 Å². The van der Waals surface area contributed by atoms with Crippen molar-refractivity contribution in [2.24, 2.45) is 0 Å². The Labute approximate surface area is 187 Å². The summed E-state index contributed by atoms with van der Waals surface area (Å²) in [7, 11) is -4.02. The molecule has 160 valence electrons. The topological polar surface area (TPSA) is 136 Å². The van der Waals surface area contributed by atoms with Crippen LogP contribution >= 0.6 is 11.6 Å². The van der Waals surface area contributed by atoms with Gasteiger partial charge >= 0.3 is 11.1 Å². The minimum absolute atomic E-state index is 0.0556. The standard InChI is InChI=1S/C22H15ClN4O4S/c1-12-8-18-19(26-22(29)21(28)25-18)10-20(12)32(30,31)27-15-6-7-16(17(23)9-15)14-4-2-13(11-24)3-5-14/h2-10,27H,1H3,(H,25,28)(H,26,29). The zero-order chi connectivity index (χ0) is 23.0. The second-order valence-electron chi connectivity index (χ2n) is 7.06. The first kappa shape index (κ1) is 21.4. The van der Waals surface area contributed by atoms with Gasteiger partial charge in [0.2, 0.25) is 0 Å². The van der Waals surface area contributed by atoms with Gasteiger partial charge in [-0.15, -0.1) is 0 Å². The highest BCUT2D eigenvalue weighted by atomic mass is 35.5. The average molecular weight is 467 g/mol. The van der Waals surface area contributed by atoms with Gasteiger partial charge in [0.05, 0.1) is 38.3 Å². The Hall–Kier alpha value is -3.87. The molecule has 3 aromatic carbocycles. The molecule has 0 bridgehead atoms. The van der Waals surface area contributed by atoms with Crippen LogP contribution in [0.15, 0.2) is 69.1 Å². The van der Waals surface area contributed by atoms with Crippen molar-refractivity contribution in [1.29, 1.82) is 5.26 Å². The Morgan fingerprint density at radius 2 is 1.56 bits per heavy atom. The van der Waals surface area contributed by atoms with Crippen LogP contribution in [0.4, 0.5) is 5.69 Å². The van der Waals surface area contributed by atoms with Gasteiger partial charge in [0, 0.05) is 5.56 Å². The van der Waals surface area contributed by atoms with Gasteiger partial charge in [-0.05, 0) is 54.4 Å². The maximum Gasteiger partial charge on any atom is 0.314 e. The van der Waals surface area contributed by atoms with Crippen LogP contribution in [0.2, 0.25) is 5.02 Å². The summed E-state index contributed by atoms with van der Waals surface area (Å²) in [6, 6.07) is 16.4. The van der Waals surface area contributed by atoms with E-state index in [0.29, 0.717) is 27.2 Å². The first-order valence-electron chi connectivity index (χ1n) is 9.28. The lowest BCUT2D eigenvalue weighted by molar-refractivity contribution is 0.600. The van der Waals surface area contributed by atoms with E-state index < -0.39 is 21.1 Å². The van der Waals surface area contributed by atoms with Gasteiger partial charge in [-0.2, -0.15) is 5.26 Å². The average Bonchev–Trinajstić information content (AvgIpc) is 2.74. The van der Waals surface area contributed by atoms with Gasteiger partial charge in [-0.25, -0.2) is 8.42 Å². The van der Waals surface area contributed by atoms with E-state index in [9.17, 15) is 18.0 Å². The summed E-state index contributed by atoms with van der Waals surface area (Å²) in [6.07, 6.45) is 0. The van der Waals surface area contributed by atoms with Crippen LogP contribution in [-0.2, 0) is 10.0 Å². The highest BCUT2D eigenvalue weighted by Gasteiger charge is 2.19. The molecule has 0 aliphatic rings. The molecule has 0 aliphatic carbocycles. The fourth-order valence-corrected chi connectivity index (χ4v) is 4.88. The molecule has 0 saturated carbocycles. The van der Waals surface area contributed by atoms with Crippen LogP contribution < -0.4 is 15.8 Å². The molecule has 32 heavy (non-hydrogen) atoms. The molecule has 8 nitrogen and oxygen atoms in total. The number of nitrogens with zero attached hydrogens (tertiary/aromatic N) is 1. The molecule has 0 saturated heterocycles. The fourth-order valence-electron chi connectivity index (χ4n) is 3.29. The van der Waals surface area contributed by atoms with E-state index in [2.05, 4.69) is 14.7 Å². The second-order valence-corrected chi connectivity index (χ2v) is 9.12. The maximum absolute atomic E-state index is 13.0. The zero-order valence-corrected chi connectivity index (χ0v) is 18.1. The van der Waals surface area contributed by atoms with Crippen molar-refractivity contribution in [2.45, 2.75) is 11.8 Å². The number of fused-ring (bicyclic) bond motifs is 1. The number of hydrogen-bond acceptors (Lipinski definition) is 5. The molecule has 0 aliphatic heterocycles. The Morgan fingerprint density at radius 3 is 2.16 bits per heavy atom. The molecule has 0 amide bonds. The first-order chi connectivity index (χ1) is 15.2. The monoisotopic (exact) mass is 466 g/mol. The van der Waals surface area contributed by atoms with Crippen molar-refractivity contribution >= 4 is 38.3 Å². The minimum Gasteiger partial charge on any atom is -0.316 e. The number of anilines is 1. The van der Waals surface area contributed by atoms with Crippen LogP contribution in [0.5, 0.6) is 0 Å². The van der Waals surface area contributed by atoms with Gasteiger partial charge in [0.25, 0.3) is 10.0 Å². The lowest BCUT2D eigenvalue weighted by Crippen LogP contribution is -2.29. The van der Waals surface area contributed by atoms with E-state index in [0.717, 1.165) is 5.56 Å². The third-order valence-electron chi connectivity index (χ3n) is 4.85. The zero-order valence-electron chi connectivity index (χ0n) is 16.6. The number of aromatic nitrogens is 2. The van der Waals surface area contributed by atoms with Gasteiger partial charge in [-0.3, -0.25) is 14.3 Å². The Morgan fingerprint density at radius 1 is 0.938 bits per heavy atom. The van der Waals surface area contributed by atoms with Crippen molar-refractivity contribution in [3.05, 3.63) is 91.5 Å². The number of halogens is 1. The lowest BCUT2D eigenvalue weighted by atomic mass is 10.0. The third kappa shape index (κ3) is 4.01. The lowest BCUT2D eigenvalue weighted by Gasteiger charge is -2.13. The van der Waals surface area contributed by atoms with E-state index in [-0.39, 0.29) is 16.1 Å². The van der Waals surface area contributed by atoms with Gasteiger partial charge in [0.1, 0.15) is 0 Å². The minimum atomic E-state index is -4.02. The maximum atomic E-state index is 13.0. The normalized spacial score (nSPS) is 11.3. The molecule has 10 heteroatoms. The van der Waals surface area contributed by atoms with Crippen LogP contribution in [0, 0.1) is 18.3 Å². The van der Waals surface area contributed by atoms with Crippen molar-refractivity contribution in [2.75, 3.05) is 4.72 Å². The van der Waals surface area contributed by atoms with Crippen molar-refractivity contribution < 1.29 is 8.42 Å². The number of nitriles is 1. The summed E-state index contributed by atoms with van der Waals surface area (Å²) < 4.78 is 28.5. The number of sulfonamides is 1. The highest BCUT2D eigenvalue weighted by Crippen LogP contribution is 2.32. The summed E-state index contributed by atoms with van der Waals surface area (Å²) in [5, 5.41) is 9.25. The van der Waals surface area contributed by atoms with E-state index >= 15 is 0 Å². The summed E-state index contributed by atoms with van der Waals surface area (Å²) >= 11 is 6.38. The molecule has 3 N–H and O–H groups in total. The quantitative estimate of drug-likeness (QED) is 0.395. The summed E-state index contributed by atoms with van der Waals surface area (Å²) in [6.45, 7) is 1.58. The molecule has 0 atom stereocenters. The van der Waals surface area contributed by atoms with Gasteiger partial charge < -0.3 is 9.97 Å². The predicted molar refractivity (Wildman–Crippen MR) is 122 cm³/mol. The van der Waals surface area contributed by atoms with Gasteiger partial charge in [-0.1, -0.05) is 29.8 Å². The molecule has 0 fully saturated rings. The Bertz CT molecular complexity index is 1630. The van der Waals surface area contributed by atoms with Crippen molar-refractivity contribution in [1.82, 2.24) is 9.97 Å². The molecule has 0 radical (unpaired) electrons. The largest absolute Gasteiger partial charge is 0.316 e. The number of aromatic amines is 2. The highest BCUT2D eigenvalue weighted by molar-refractivity contribution is 7.92. The molecule has 1 aromatic heterocycles. The van der Waals surface area contributed by atoms with Gasteiger partial charge in [0.15, 0.2) is 0 Å². The van der Waals surface area contributed by atoms with Crippen molar-refractivity contribution in [3.63, 3.8) is 0 Å². The summed E-state index contributed by atoms with van der Waals surface area (Å²) in [5.41, 5.74) is 1.44. The van der Waals surface area contributed by atoms with Crippen LogP contribution in [-0.4, -0.2) is 18.4 Å². The second kappa shape index (κ2) is 8.00. The molecule has 4 aromatic rings. The SMILES string of the molecule is Cc1cc2[nH]c(=O)c(=O)[nH]c2cc1S(=O)(=O)Nc1ccc(-c2ccc(C#N)cc2)c(Cl)c1. The number of nitrogens with one attached hydrogen (secondary N) is 3. The molecular weight excluding hydrogens is 452 g/mol. The smallest absolute Gasteiger partial charge is 0.314 e. The van der Waals surface area contributed by atoms with E-state index in [1.807, 2.05) is 6.07 Å². The van der Waals surface area contributed by atoms with E-state index in [4.69, 9.17) is 16.9 Å². The summed E-state index contributed by atoms with van der Waals surface area (Å²) in [4.78, 5) is 27.8. The Balaban J connectivity index is 1.69. The molecule has 4 rings (SSSR count). The third-order valence-corrected chi connectivity index (χ3v) is 6.69.